The third-order valence-corrected chi connectivity index (χ3v) is 4.90. The lowest BCUT2D eigenvalue weighted by Crippen LogP contribution is -2.13. The number of nitrogens with zero attached hydrogens (tertiary/aromatic N) is 2. The summed E-state index contributed by atoms with van der Waals surface area (Å²) in [7, 11) is 0. The number of hydrogen-bond donors (Lipinski definition) is 2. The van der Waals surface area contributed by atoms with Crippen LogP contribution in [0.1, 0.15) is 53.5 Å². The number of thioether (sulfide) groups is 1. The van der Waals surface area contributed by atoms with Gasteiger partial charge in [0.2, 0.25) is 0 Å². The van der Waals surface area contributed by atoms with Crippen LogP contribution in [0.3, 0.4) is 0 Å². The molecule has 2 aromatic rings. The third-order valence-electron chi connectivity index (χ3n) is 3.73. The number of aliphatic imine (C=N–C) groups is 1. The number of rotatable bonds is 3. The van der Waals surface area contributed by atoms with E-state index in [0.717, 1.165) is 10.6 Å². The lowest BCUT2D eigenvalue weighted by molar-refractivity contribution is 0.0697. The zero-order valence-electron chi connectivity index (χ0n) is 13.0. The Bertz CT molecular complexity index is 846. The molecule has 3 rings (SSSR count). The van der Waals surface area contributed by atoms with Crippen LogP contribution in [0, 0.1) is 0 Å². The van der Waals surface area contributed by atoms with Crippen molar-refractivity contribution in [3.63, 3.8) is 0 Å². The van der Waals surface area contributed by atoms with E-state index in [1.165, 1.54) is 11.8 Å². The number of H-pyrrole nitrogens is 1. The van der Waals surface area contributed by atoms with Crippen molar-refractivity contribution in [3.8, 4) is 0 Å². The van der Waals surface area contributed by atoms with Gasteiger partial charge in [-0.3, -0.25) is 14.6 Å². The molecule has 0 aliphatic carbocycles. The van der Waals surface area contributed by atoms with Crippen molar-refractivity contribution in [2.75, 3.05) is 0 Å². The predicted octanol–water partition coefficient (Wildman–Crippen LogP) is 3.34. The second-order valence-corrected chi connectivity index (χ2v) is 7.00. The van der Waals surface area contributed by atoms with Crippen LogP contribution in [0.25, 0.3) is 0 Å². The first-order valence-corrected chi connectivity index (χ1v) is 8.16. The van der Waals surface area contributed by atoms with E-state index in [2.05, 4.69) is 10.1 Å². The molecule has 0 radical (unpaired) electrons. The molecular weight excluding hydrogens is 314 g/mol. The minimum absolute atomic E-state index is 0.0983. The largest absolute Gasteiger partial charge is 0.478 e. The average Bonchev–Trinajstić information content (AvgIpc) is 2.83. The first-order valence-electron chi connectivity index (χ1n) is 7.28. The van der Waals surface area contributed by atoms with E-state index in [-0.39, 0.29) is 22.4 Å². The normalized spacial score (nSPS) is 17.0. The number of carboxylic acid groups (broad SMARTS) is 1. The van der Waals surface area contributed by atoms with E-state index in [1.54, 1.807) is 28.9 Å². The molecule has 6 nitrogen and oxygen atoms in total. The second-order valence-electron chi connectivity index (χ2n) is 5.70. The fourth-order valence-corrected chi connectivity index (χ4v) is 3.72. The number of hydrogen-bond acceptors (Lipinski definition) is 4. The molecule has 0 amide bonds. The van der Waals surface area contributed by atoms with Gasteiger partial charge in [0.15, 0.2) is 5.82 Å². The molecule has 7 heteroatoms. The minimum Gasteiger partial charge on any atom is -0.478 e. The number of benzene rings is 1. The summed E-state index contributed by atoms with van der Waals surface area (Å²) in [6, 6.07) is 6.74. The lowest BCUT2D eigenvalue weighted by atomic mass is 10.0. The number of aromatic amines is 1. The first-order chi connectivity index (χ1) is 10.9. The van der Waals surface area contributed by atoms with Crippen LogP contribution in [-0.4, -0.2) is 25.9 Å². The molecule has 0 unspecified atom stereocenters. The summed E-state index contributed by atoms with van der Waals surface area (Å²) in [5, 5.41) is 12.6. The van der Waals surface area contributed by atoms with Gasteiger partial charge in [0.25, 0.3) is 5.56 Å². The maximum Gasteiger partial charge on any atom is 0.335 e. The highest BCUT2D eigenvalue weighted by atomic mass is 32.2. The fraction of sp³-hybridized carbons (Fsp3) is 0.312. The van der Waals surface area contributed by atoms with E-state index in [4.69, 9.17) is 5.11 Å². The highest BCUT2D eigenvalue weighted by molar-refractivity contribution is 8.14. The Balaban J connectivity index is 2.11. The first kappa shape index (κ1) is 15.6. The number of carboxylic acids is 1. The zero-order valence-corrected chi connectivity index (χ0v) is 13.8. The molecule has 1 aliphatic rings. The Hall–Kier alpha value is -2.28. The Labute approximate surface area is 137 Å². The molecule has 0 spiro atoms. The van der Waals surface area contributed by atoms with Crippen LogP contribution in [0.2, 0.25) is 0 Å². The number of aromatic carboxylic acids is 1. The molecule has 0 saturated heterocycles. The Morgan fingerprint density at radius 1 is 1.35 bits per heavy atom. The molecule has 1 aromatic carbocycles. The smallest absolute Gasteiger partial charge is 0.335 e. The van der Waals surface area contributed by atoms with Crippen molar-refractivity contribution in [3.05, 3.63) is 51.3 Å². The van der Waals surface area contributed by atoms with Gasteiger partial charge in [-0.05, 0) is 38.5 Å². The van der Waals surface area contributed by atoms with Crippen LogP contribution in [-0.2, 0) is 0 Å². The van der Waals surface area contributed by atoms with Gasteiger partial charge in [-0.15, -0.1) is 0 Å². The van der Waals surface area contributed by atoms with E-state index in [1.807, 2.05) is 20.8 Å². The van der Waals surface area contributed by atoms with E-state index in [9.17, 15) is 9.59 Å². The van der Waals surface area contributed by atoms with Gasteiger partial charge in [0.05, 0.1) is 21.4 Å². The van der Waals surface area contributed by atoms with E-state index < -0.39 is 5.97 Å². The highest BCUT2D eigenvalue weighted by Gasteiger charge is 2.30. The van der Waals surface area contributed by atoms with Crippen molar-refractivity contribution in [1.82, 2.24) is 9.78 Å². The van der Waals surface area contributed by atoms with E-state index in [0.29, 0.717) is 11.4 Å². The number of fused-ring (bicyclic) bond motifs is 1. The molecule has 2 heterocycles. The quantitative estimate of drug-likeness (QED) is 0.903. The molecule has 0 fully saturated rings. The summed E-state index contributed by atoms with van der Waals surface area (Å²) in [5.74, 6) is -0.302. The van der Waals surface area contributed by atoms with E-state index >= 15 is 0 Å². The van der Waals surface area contributed by atoms with Gasteiger partial charge < -0.3 is 5.11 Å². The summed E-state index contributed by atoms with van der Waals surface area (Å²) in [6.45, 7) is 5.88. The monoisotopic (exact) mass is 331 g/mol. The summed E-state index contributed by atoms with van der Waals surface area (Å²) >= 11 is 1.50. The average molecular weight is 331 g/mol. The Kier molecular flexibility index (Phi) is 3.89. The number of carbonyl (C=O) groups is 1. The topological polar surface area (TPSA) is 87.5 Å². The van der Waals surface area contributed by atoms with Crippen molar-refractivity contribution >= 4 is 28.6 Å². The number of aromatic nitrogens is 2. The number of nitrogens with one attached hydrogen (secondary N) is 1. The summed E-state index contributed by atoms with van der Waals surface area (Å²) in [6.07, 6.45) is 0. The SMILES string of the molecule is CC1=Nc2c(c(=O)[nH]n2C(C)C)[C@@H](c2ccc(C(=O)O)cc2)S1. The molecule has 1 aliphatic heterocycles. The molecule has 1 atom stereocenters. The molecule has 120 valence electrons. The molecule has 1 aromatic heterocycles. The van der Waals surface area contributed by atoms with Crippen LogP contribution in [0.4, 0.5) is 5.82 Å². The zero-order chi connectivity index (χ0) is 16.7. The maximum atomic E-state index is 12.4. The lowest BCUT2D eigenvalue weighted by Gasteiger charge is -2.21. The molecule has 23 heavy (non-hydrogen) atoms. The summed E-state index contributed by atoms with van der Waals surface area (Å²) < 4.78 is 1.78. The van der Waals surface area contributed by atoms with Crippen LogP contribution in [0.15, 0.2) is 34.1 Å². The van der Waals surface area contributed by atoms with Gasteiger partial charge in [0.1, 0.15) is 0 Å². The highest BCUT2D eigenvalue weighted by Crippen LogP contribution is 2.43. The van der Waals surface area contributed by atoms with Crippen molar-refractivity contribution in [1.29, 1.82) is 0 Å². The van der Waals surface area contributed by atoms with Crippen molar-refractivity contribution in [2.24, 2.45) is 4.99 Å². The predicted molar refractivity (Wildman–Crippen MR) is 91.0 cm³/mol. The standard InChI is InChI=1S/C16H17N3O3S/c1-8(2)19-14-12(15(20)18-19)13(23-9(3)17-14)10-4-6-11(7-5-10)16(21)22/h4-8,13H,1-3H3,(H,18,20)(H,21,22)/t13-/m1/s1. The summed E-state index contributed by atoms with van der Waals surface area (Å²) in [5.41, 5.74) is 1.60. The molecule has 2 N–H and O–H groups in total. The molecule has 0 bridgehead atoms. The third kappa shape index (κ3) is 2.72. The van der Waals surface area contributed by atoms with Crippen LogP contribution < -0.4 is 5.56 Å². The van der Waals surface area contributed by atoms with Crippen LogP contribution >= 0.6 is 11.8 Å². The van der Waals surface area contributed by atoms with Crippen molar-refractivity contribution in [2.45, 2.75) is 32.1 Å². The van der Waals surface area contributed by atoms with Crippen molar-refractivity contribution < 1.29 is 9.90 Å². The maximum absolute atomic E-state index is 12.4. The Morgan fingerprint density at radius 2 is 2.00 bits per heavy atom. The van der Waals surface area contributed by atoms with Gasteiger partial charge in [-0.2, -0.15) is 0 Å². The minimum atomic E-state index is -0.963. The molecule has 0 saturated carbocycles. The fourth-order valence-electron chi connectivity index (χ4n) is 2.62. The molecular formula is C16H17N3O3S. The summed E-state index contributed by atoms with van der Waals surface area (Å²) in [4.78, 5) is 27.9. The second kappa shape index (κ2) is 5.73. The van der Waals surface area contributed by atoms with Gasteiger partial charge in [-0.25, -0.2) is 9.79 Å². The Morgan fingerprint density at radius 3 is 2.57 bits per heavy atom. The van der Waals surface area contributed by atoms with Gasteiger partial charge >= 0.3 is 5.97 Å². The van der Waals surface area contributed by atoms with Gasteiger partial charge in [0, 0.05) is 6.04 Å². The van der Waals surface area contributed by atoms with Crippen LogP contribution in [0.5, 0.6) is 0 Å². The van der Waals surface area contributed by atoms with Gasteiger partial charge in [-0.1, -0.05) is 23.9 Å².